The SMILES string of the molecule is CCO/C=C/c1ccc2cc(C(=O)OC)sc2n1. The van der Waals surface area contributed by atoms with E-state index in [4.69, 9.17) is 4.74 Å². The second-order valence-electron chi connectivity index (χ2n) is 3.49. The molecule has 4 nitrogen and oxygen atoms in total. The van der Waals surface area contributed by atoms with Crippen molar-refractivity contribution < 1.29 is 14.3 Å². The fourth-order valence-corrected chi connectivity index (χ4v) is 2.40. The van der Waals surface area contributed by atoms with Crippen LogP contribution < -0.4 is 0 Å². The van der Waals surface area contributed by atoms with Crippen LogP contribution in [-0.2, 0) is 9.47 Å². The highest BCUT2D eigenvalue weighted by molar-refractivity contribution is 7.20. The summed E-state index contributed by atoms with van der Waals surface area (Å²) >= 11 is 1.32. The first-order valence-electron chi connectivity index (χ1n) is 5.51. The number of hydrogen-bond acceptors (Lipinski definition) is 5. The van der Waals surface area contributed by atoms with Crippen molar-refractivity contribution in [1.82, 2.24) is 4.98 Å². The molecule has 0 saturated carbocycles. The van der Waals surface area contributed by atoms with Gasteiger partial charge in [-0.25, -0.2) is 9.78 Å². The first-order chi connectivity index (χ1) is 8.74. The number of nitrogens with zero attached hydrogens (tertiary/aromatic N) is 1. The van der Waals surface area contributed by atoms with Gasteiger partial charge in [0.2, 0.25) is 0 Å². The van der Waals surface area contributed by atoms with Gasteiger partial charge in [-0.05, 0) is 31.2 Å². The van der Waals surface area contributed by atoms with Crippen molar-refractivity contribution in [3.05, 3.63) is 35.0 Å². The maximum Gasteiger partial charge on any atom is 0.348 e. The van der Waals surface area contributed by atoms with E-state index in [1.807, 2.05) is 19.1 Å². The summed E-state index contributed by atoms with van der Waals surface area (Å²) < 4.78 is 9.80. The Labute approximate surface area is 109 Å². The van der Waals surface area contributed by atoms with Gasteiger partial charge >= 0.3 is 5.97 Å². The molecule has 0 aliphatic heterocycles. The van der Waals surface area contributed by atoms with Gasteiger partial charge in [0.25, 0.3) is 0 Å². The number of pyridine rings is 1. The average Bonchev–Trinajstić information content (AvgIpc) is 2.81. The smallest absolute Gasteiger partial charge is 0.348 e. The van der Waals surface area contributed by atoms with Gasteiger partial charge in [-0.1, -0.05) is 0 Å². The Kier molecular flexibility index (Phi) is 3.94. The van der Waals surface area contributed by atoms with Crippen LogP contribution in [0.5, 0.6) is 0 Å². The molecule has 0 unspecified atom stereocenters. The molecule has 0 aliphatic rings. The number of rotatable bonds is 4. The zero-order chi connectivity index (χ0) is 13.0. The van der Waals surface area contributed by atoms with E-state index in [0.29, 0.717) is 11.5 Å². The molecule has 0 bridgehead atoms. The third-order valence-corrected chi connectivity index (χ3v) is 3.32. The zero-order valence-corrected chi connectivity index (χ0v) is 11.0. The van der Waals surface area contributed by atoms with Gasteiger partial charge in [0.15, 0.2) is 0 Å². The van der Waals surface area contributed by atoms with Gasteiger partial charge in [0.05, 0.1) is 25.7 Å². The number of fused-ring (bicyclic) bond motifs is 1. The Morgan fingerprint density at radius 2 is 2.33 bits per heavy atom. The number of methoxy groups -OCH3 is 1. The van der Waals surface area contributed by atoms with Crippen LogP contribution in [-0.4, -0.2) is 24.7 Å². The Morgan fingerprint density at radius 1 is 1.50 bits per heavy atom. The summed E-state index contributed by atoms with van der Waals surface area (Å²) in [4.78, 5) is 17.2. The molecular weight excluding hydrogens is 250 g/mol. The van der Waals surface area contributed by atoms with Crippen molar-refractivity contribution in [3.8, 4) is 0 Å². The summed E-state index contributed by atoms with van der Waals surface area (Å²) in [5.41, 5.74) is 0.800. The number of carbonyl (C=O) groups is 1. The second-order valence-corrected chi connectivity index (χ2v) is 4.52. The van der Waals surface area contributed by atoms with E-state index >= 15 is 0 Å². The van der Waals surface area contributed by atoms with Gasteiger partial charge in [0.1, 0.15) is 9.71 Å². The lowest BCUT2D eigenvalue weighted by molar-refractivity contribution is 0.0606. The molecule has 0 aromatic carbocycles. The monoisotopic (exact) mass is 263 g/mol. The minimum Gasteiger partial charge on any atom is -0.501 e. The molecular formula is C13H13NO3S. The highest BCUT2D eigenvalue weighted by Crippen LogP contribution is 2.25. The van der Waals surface area contributed by atoms with Crippen LogP contribution in [0.2, 0.25) is 0 Å². The van der Waals surface area contributed by atoms with Crippen molar-refractivity contribution in [1.29, 1.82) is 0 Å². The Balaban J connectivity index is 2.30. The second kappa shape index (κ2) is 5.64. The van der Waals surface area contributed by atoms with Crippen LogP contribution in [0.25, 0.3) is 16.3 Å². The van der Waals surface area contributed by atoms with Crippen LogP contribution in [0.3, 0.4) is 0 Å². The summed E-state index contributed by atoms with van der Waals surface area (Å²) in [5, 5.41) is 0.939. The molecule has 0 N–H and O–H groups in total. The fraction of sp³-hybridized carbons (Fsp3) is 0.231. The van der Waals surface area contributed by atoms with Gasteiger partial charge in [-0.3, -0.25) is 0 Å². The van der Waals surface area contributed by atoms with E-state index in [9.17, 15) is 4.79 Å². The van der Waals surface area contributed by atoms with E-state index in [1.165, 1.54) is 18.4 Å². The maximum atomic E-state index is 11.4. The number of thiophene rings is 1. The predicted molar refractivity (Wildman–Crippen MR) is 71.6 cm³/mol. The molecule has 0 atom stereocenters. The van der Waals surface area contributed by atoms with Crippen molar-refractivity contribution in [2.75, 3.05) is 13.7 Å². The Bertz CT molecular complexity index is 589. The largest absolute Gasteiger partial charge is 0.501 e. The molecule has 0 spiro atoms. The van der Waals surface area contributed by atoms with E-state index in [1.54, 1.807) is 18.4 Å². The molecule has 18 heavy (non-hydrogen) atoms. The van der Waals surface area contributed by atoms with Crippen molar-refractivity contribution in [2.24, 2.45) is 0 Å². The molecule has 2 heterocycles. The first-order valence-corrected chi connectivity index (χ1v) is 6.33. The quantitative estimate of drug-likeness (QED) is 0.628. The molecule has 2 aromatic heterocycles. The summed E-state index contributed by atoms with van der Waals surface area (Å²) in [7, 11) is 1.37. The summed E-state index contributed by atoms with van der Waals surface area (Å²) in [6, 6.07) is 5.59. The van der Waals surface area contributed by atoms with E-state index in [0.717, 1.165) is 15.9 Å². The summed E-state index contributed by atoms with van der Waals surface area (Å²) in [6.45, 7) is 2.55. The molecule has 94 valence electrons. The normalized spacial score (nSPS) is 11.0. The van der Waals surface area contributed by atoms with E-state index < -0.39 is 0 Å². The van der Waals surface area contributed by atoms with Gasteiger partial charge < -0.3 is 9.47 Å². The Hall–Kier alpha value is -1.88. The lowest BCUT2D eigenvalue weighted by Gasteiger charge is -1.94. The van der Waals surface area contributed by atoms with Gasteiger partial charge in [0, 0.05) is 5.39 Å². The van der Waals surface area contributed by atoms with Gasteiger partial charge in [-0.15, -0.1) is 11.3 Å². The van der Waals surface area contributed by atoms with E-state index in [2.05, 4.69) is 9.72 Å². The van der Waals surface area contributed by atoms with Crippen LogP contribution in [0.1, 0.15) is 22.3 Å². The highest BCUT2D eigenvalue weighted by atomic mass is 32.1. The Morgan fingerprint density at radius 3 is 3.06 bits per heavy atom. The molecule has 0 fully saturated rings. The molecule has 0 radical (unpaired) electrons. The van der Waals surface area contributed by atoms with Crippen molar-refractivity contribution in [2.45, 2.75) is 6.92 Å². The average molecular weight is 263 g/mol. The molecule has 5 heteroatoms. The number of ether oxygens (including phenoxy) is 2. The fourth-order valence-electron chi connectivity index (χ4n) is 1.44. The summed E-state index contributed by atoms with van der Waals surface area (Å²) in [6.07, 6.45) is 3.41. The standard InChI is InChI=1S/C13H13NO3S/c1-3-17-7-6-10-5-4-9-8-11(13(15)16-2)18-12(9)14-10/h4-8H,3H2,1-2H3/b7-6+. The van der Waals surface area contributed by atoms with Crippen LogP contribution in [0.15, 0.2) is 24.5 Å². The number of esters is 1. The third-order valence-electron chi connectivity index (χ3n) is 2.29. The predicted octanol–water partition coefficient (Wildman–Crippen LogP) is 3.09. The minimum absolute atomic E-state index is 0.329. The first kappa shape index (κ1) is 12.6. The van der Waals surface area contributed by atoms with E-state index in [-0.39, 0.29) is 5.97 Å². The van der Waals surface area contributed by atoms with Gasteiger partial charge in [-0.2, -0.15) is 0 Å². The number of hydrogen-bond donors (Lipinski definition) is 0. The molecule has 0 aliphatic carbocycles. The van der Waals surface area contributed by atoms with Crippen molar-refractivity contribution in [3.63, 3.8) is 0 Å². The number of carbonyl (C=O) groups excluding carboxylic acids is 1. The van der Waals surface area contributed by atoms with Crippen molar-refractivity contribution >= 4 is 33.6 Å². The topological polar surface area (TPSA) is 48.4 Å². The molecule has 2 aromatic rings. The lowest BCUT2D eigenvalue weighted by Crippen LogP contribution is -1.96. The molecule has 2 rings (SSSR count). The molecule has 0 amide bonds. The maximum absolute atomic E-state index is 11.4. The lowest BCUT2D eigenvalue weighted by atomic mass is 10.3. The zero-order valence-electron chi connectivity index (χ0n) is 10.2. The van der Waals surface area contributed by atoms with Crippen LogP contribution in [0.4, 0.5) is 0 Å². The molecule has 0 saturated heterocycles. The third kappa shape index (κ3) is 2.68. The highest BCUT2D eigenvalue weighted by Gasteiger charge is 2.10. The minimum atomic E-state index is -0.329. The number of aromatic nitrogens is 1. The van der Waals surface area contributed by atoms with Crippen LogP contribution in [0, 0.1) is 0 Å². The van der Waals surface area contributed by atoms with Crippen LogP contribution >= 0.6 is 11.3 Å². The summed E-state index contributed by atoms with van der Waals surface area (Å²) in [5.74, 6) is -0.329.